The van der Waals surface area contributed by atoms with E-state index >= 15 is 0 Å². The third kappa shape index (κ3) is 5.22. The molecule has 1 atom stereocenters. The Morgan fingerprint density at radius 2 is 1.96 bits per heavy atom. The van der Waals surface area contributed by atoms with Crippen LogP contribution in [0.25, 0.3) is 0 Å². The predicted octanol–water partition coefficient (Wildman–Crippen LogP) is 3.11. The fourth-order valence-corrected chi connectivity index (χ4v) is 3.00. The average molecular weight is 366 g/mol. The summed E-state index contributed by atoms with van der Waals surface area (Å²) in [5.74, 6) is -1.42. The van der Waals surface area contributed by atoms with Crippen molar-refractivity contribution in [1.29, 1.82) is 0 Å². The van der Waals surface area contributed by atoms with E-state index < -0.39 is 26.0 Å². The number of imidazole rings is 1. The van der Waals surface area contributed by atoms with Crippen molar-refractivity contribution < 1.29 is 24.1 Å². The monoisotopic (exact) mass is 366 g/mol. The van der Waals surface area contributed by atoms with Crippen LogP contribution < -0.4 is 0 Å². The molecule has 0 amide bonds. The second kappa shape index (κ2) is 7.90. The van der Waals surface area contributed by atoms with Crippen molar-refractivity contribution >= 4 is 14.0 Å². The van der Waals surface area contributed by atoms with Crippen LogP contribution in [0.1, 0.15) is 28.0 Å². The van der Waals surface area contributed by atoms with Gasteiger partial charge in [0.05, 0.1) is 6.20 Å². The first-order valence-corrected chi connectivity index (χ1v) is 11.7. The van der Waals surface area contributed by atoms with Crippen molar-refractivity contribution in [3.8, 4) is 0 Å². The van der Waals surface area contributed by atoms with Crippen LogP contribution >= 0.6 is 0 Å². The summed E-state index contributed by atoms with van der Waals surface area (Å²) in [5.41, 5.74) is 0.358. The van der Waals surface area contributed by atoms with Crippen LogP contribution in [-0.4, -0.2) is 40.4 Å². The highest BCUT2D eigenvalue weighted by Gasteiger charge is 2.22. The Morgan fingerprint density at radius 1 is 1.32 bits per heavy atom. The van der Waals surface area contributed by atoms with Gasteiger partial charge in [-0.3, -0.25) is 4.57 Å². The lowest BCUT2D eigenvalue weighted by atomic mass is 10.1. The van der Waals surface area contributed by atoms with Crippen LogP contribution in [0, 0.1) is 5.82 Å². The van der Waals surface area contributed by atoms with E-state index in [0.29, 0.717) is 12.2 Å². The van der Waals surface area contributed by atoms with Crippen LogP contribution in [0.5, 0.6) is 0 Å². The van der Waals surface area contributed by atoms with Crippen LogP contribution in [0.3, 0.4) is 0 Å². The Hall–Kier alpha value is -2.03. The number of aliphatic hydroxyl groups is 1. The third-order valence-electron chi connectivity index (χ3n) is 3.75. The predicted molar refractivity (Wildman–Crippen MR) is 93.8 cm³/mol. The van der Waals surface area contributed by atoms with E-state index in [4.69, 9.17) is 4.74 Å². The number of carboxylic acid groups (broad SMARTS) is 1. The van der Waals surface area contributed by atoms with Crippen LogP contribution in [0.4, 0.5) is 4.39 Å². The lowest BCUT2D eigenvalue weighted by molar-refractivity contribution is 0.0597. The zero-order valence-electron chi connectivity index (χ0n) is 14.6. The molecule has 2 N–H and O–H groups in total. The normalized spacial score (nSPS) is 13.0. The molecular formula is C17H23FN2O4Si. The summed E-state index contributed by atoms with van der Waals surface area (Å²) in [6, 6.07) is 6.28. The molecule has 2 rings (SSSR count). The fraction of sp³-hybridized carbons (Fsp3) is 0.412. The maximum Gasteiger partial charge on any atom is 0.354 e. The van der Waals surface area contributed by atoms with Crippen LogP contribution in [-0.2, 0) is 11.5 Å². The minimum Gasteiger partial charge on any atom is -0.477 e. The van der Waals surface area contributed by atoms with Gasteiger partial charge < -0.3 is 14.9 Å². The highest BCUT2D eigenvalue weighted by atomic mass is 28.3. The van der Waals surface area contributed by atoms with Gasteiger partial charge in [-0.25, -0.2) is 14.2 Å². The number of nitrogens with zero attached hydrogens (tertiary/aromatic N) is 2. The second-order valence-corrected chi connectivity index (χ2v) is 12.7. The summed E-state index contributed by atoms with van der Waals surface area (Å²) in [7, 11) is -1.26. The number of carboxylic acids is 1. The molecule has 0 aliphatic heterocycles. The number of carbonyl (C=O) groups is 1. The van der Waals surface area contributed by atoms with E-state index in [9.17, 15) is 19.4 Å². The first-order valence-electron chi connectivity index (χ1n) is 7.99. The second-order valence-electron chi connectivity index (χ2n) is 7.04. The number of ether oxygens (including phenoxy) is 1. The van der Waals surface area contributed by atoms with Crippen molar-refractivity contribution in [3.05, 3.63) is 53.4 Å². The molecule has 0 spiro atoms. The smallest absolute Gasteiger partial charge is 0.354 e. The van der Waals surface area contributed by atoms with E-state index in [-0.39, 0.29) is 18.2 Å². The van der Waals surface area contributed by atoms with Crippen LogP contribution in [0.2, 0.25) is 25.7 Å². The van der Waals surface area contributed by atoms with Crippen LogP contribution in [0.15, 0.2) is 30.5 Å². The maximum atomic E-state index is 13.0. The van der Waals surface area contributed by atoms with Crippen molar-refractivity contribution in [3.63, 3.8) is 0 Å². The van der Waals surface area contributed by atoms with Gasteiger partial charge >= 0.3 is 5.97 Å². The first kappa shape index (κ1) is 19.3. The minimum atomic E-state index is -1.26. The number of aromatic nitrogens is 2. The fourth-order valence-electron chi connectivity index (χ4n) is 2.24. The van der Waals surface area contributed by atoms with Crippen molar-refractivity contribution in [2.24, 2.45) is 0 Å². The number of hydrogen-bond acceptors (Lipinski definition) is 4. The standard InChI is InChI=1S/C17H23FN2O4Si/c1-25(2,3)9-8-24-11-20-14(17(22)23)10-19-16(20)15(21)12-4-6-13(18)7-5-12/h4-7,10,15,21H,8-9,11H2,1-3H3,(H,22,23). The molecule has 6 nitrogen and oxygen atoms in total. The SMILES string of the molecule is C[Si](C)(C)CCOCn1c(C(=O)O)cnc1C(O)c1ccc(F)cc1. The number of aromatic carboxylic acids is 1. The molecule has 136 valence electrons. The van der Waals surface area contributed by atoms with Gasteiger partial charge in [0, 0.05) is 14.7 Å². The summed E-state index contributed by atoms with van der Waals surface area (Å²) >= 11 is 0. The average Bonchev–Trinajstić information content (AvgIpc) is 2.94. The number of halogens is 1. The Bertz CT molecular complexity index is 725. The highest BCUT2D eigenvalue weighted by molar-refractivity contribution is 6.76. The van der Waals surface area contributed by atoms with E-state index in [2.05, 4.69) is 24.6 Å². The Balaban J connectivity index is 2.20. The van der Waals surface area contributed by atoms with Crippen molar-refractivity contribution in [2.45, 2.75) is 38.5 Å². The van der Waals surface area contributed by atoms with Gasteiger partial charge in [-0.15, -0.1) is 0 Å². The van der Waals surface area contributed by atoms with E-state index in [1.807, 2.05) is 0 Å². The summed E-state index contributed by atoms with van der Waals surface area (Å²) in [6.07, 6.45) is 0.0148. The molecule has 0 aliphatic rings. The van der Waals surface area contributed by atoms with Gasteiger partial charge in [0.2, 0.25) is 0 Å². The summed E-state index contributed by atoms with van der Waals surface area (Å²) < 4.78 is 20.0. The van der Waals surface area contributed by atoms with Gasteiger partial charge in [0.25, 0.3) is 0 Å². The van der Waals surface area contributed by atoms with Gasteiger partial charge in [0.15, 0.2) is 0 Å². The van der Waals surface area contributed by atoms with Crippen molar-refractivity contribution in [1.82, 2.24) is 9.55 Å². The largest absolute Gasteiger partial charge is 0.477 e. The quantitative estimate of drug-likeness (QED) is 0.554. The summed E-state index contributed by atoms with van der Waals surface area (Å²) in [5, 5.41) is 19.8. The lowest BCUT2D eigenvalue weighted by Gasteiger charge is -2.18. The minimum absolute atomic E-state index is 0.0142. The number of hydrogen-bond donors (Lipinski definition) is 2. The van der Waals surface area contributed by atoms with E-state index in [1.54, 1.807) is 0 Å². The summed E-state index contributed by atoms with van der Waals surface area (Å²) in [6.45, 7) is 7.17. The van der Waals surface area contributed by atoms with E-state index in [0.717, 1.165) is 6.04 Å². The Kier molecular flexibility index (Phi) is 6.10. The maximum absolute atomic E-state index is 13.0. The molecule has 1 unspecified atom stereocenters. The highest BCUT2D eigenvalue weighted by Crippen LogP contribution is 2.23. The summed E-state index contributed by atoms with van der Waals surface area (Å²) in [4.78, 5) is 15.4. The Labute approximate surface area is 146 Å². The number of benzene rings is 1. The van der Waals surface area contributed by atoms with Crippen molar-refractivity contribution in [2.75, 3.05) is 6.61 Å². The zero-order chi connectivity index (χ0) is 18.6. The molecule has 0 bridgehead atoms. The van der Waals surface area contributed by atoms with Gasteiger partial charge in [-0.05, 0) is 23.7 Å². The molecule has 1 heterocycles. The Morgan fingerprint density at radius 3 is 2.52 bits per heavy atom. The van der Waals surface area contributed by atoms with Gasteiger partial charge in [-0.1, -0.05) is 31.8 Å². The number of aliphatic hydroxyl groups excluding tert-OH is 1. The van der Waals surface area contributed by atoms with Gasteiger partial charge in [-0.2, -0.15) is 0 Å². The molecule has 2 aromatic rings. The molecule has 1 aromatic heterocycles. The molecular weight excluding hydrogens is 343 g/mol. The zero-order valence-corrected chi connectivity index (χ0v) is 15.6. The molecule has 0 saturated heterocycles. The molecule has 25 heavy (non-hydrogen) atoms. The molecule has 8 heteroatoms. The third-order valence-corrected chi connectivity index (χ3v) is 5.46. The topological polar surface area (TPSA) is 84.6 Å². The number of rotatable bonds is 8. The molecule has 0 aliphatic carbocycles. The lowest BCUT2D eigenvalue weighted by Crippen LogP contribution is -2.23. The van der Waals surface area contributed by atoms with Gasteiger partial charge in [0.1, 0.15) is 30.2 Å². The molecule has 0 fully saturated rings. The first-order chi connectivity index (χ1) is 11.7. The molecule has 1 aromatic carbocycles. The molecule has 0 radical (unpaired) electrons. The van der Waals surface area contributed by atoms with E-state index in [1.165, 1.54) is 35.0 Å². The molecule has 0 saturated carbocycles.